The number of nitrogens with zero attached hydrogens (tertiary/aromatic N) is 7. The van der Waals surface area contributed by atoms with Crippen LogP contribution in [0.15, 0.2) is 12.4 Å². The van der Waals surface area contributed by atoms with Gasteiger partial charge in [0.25, 0.3) is 0 Å². The summed E-state index contributed by atoms with van der Waals surface area (Å²) >= 11 is 1.66. The topological polar surface area (TPSA) is 80.0 Å². The quantitative estimate of drug-likeness (QED) is 0.546. The lowest BCUT2D eigenvalue weighted by molar-refractivity contribution is -0.136. The summed E-state index contributed by atoms with van der Waals surface area (Å²) in [6, 6.07) is 0. The highest BCUT2D eigenvalue weighted by atomic mass is 32.1. The van der Waals surface area contributed by atoms with Crippen molar-refractivity contribution in [1.29, 1.82) is 0 Å². The van der Waals surface area contributed by atoms with Gasteiger partial charge < -0.3 is 9.80 Å². The molecule has 3 aromatic heterocycles. The van der Waals surface area contributed by atoms with Gasteiger partial charge in [-0.3, -0.25) is 9.48 Å². The zero-order valence-electron chi connectivity index (χ0n) is 19.8. The molecule has 3 aromatic rings. The number of piperidine rings is 1. The fourth-order valence-corrected chi connectivity index (χ4v) is 5.34. The molecule has 0 aliphatic carbocycles. The Morgan fingerprint density at radius 1 is 1.21 bits per heavy atom. The van der Waals surface area contributed by atoms with E-state index in [-0.39, 0.29) is 17.5 Å². The van der Waals surface area contributed by atoms with E-state index in [4.69, 9.17) is 0 Å². The van der Waals surface area contributed by atoms with Gasteiger partial charge in [-0.1, -0.05) is 0 Å². The standard InChI is InChI=1S/C23H30FN7OS/c1-6-30(13-19-15(3)27-16(4)33-19)22(32)17-7-9-31(10-8-17)23-25-12-18(24)20(28-23)21-14(2)11-26-29(21)5/h11-12,17H,6-10,13H2,1-5H3. The summed E-state index contributed by atoms with van der Waals surface area (Å²) in [7, 11) is 1.77. The van der Waals surface area contributed by atoms with Crippen LogP contribution in [0.3, 0.4) is 0 Å². The third-order valence-corrected chi connectivity index (χ3v) is 7.29. The maximum Gasteiger partial charge on any atom is 0.226 e. The molecule has 10 heteroatoms. The second-order valence-corrected chi connectivity index (χ2v) is 9.81. The smallest absolute Gasteiger partial charge is 0.226 e. The zero-order chi connectivity index (χ0) is 23.7. The van der Waals surface area contributed by atoms with Crippen LogP contribution in [-0.2, 0) is 18.4 Å². The summed E-state index contributed by atoms with van der Waals surface area (Å²) in [5.74, 6) is 0.173. The molecule has 1 aliphatic heterocycles. The first-order valence-electron chi connectivity index (χ1n) is 11.3. The molecular weight excluding hydrogens is 441 g/mol. The van der Waals surface area contributed by atoms with Crippen molar-refractivity contribution in [1.82, 2.24) is 29.6 Å². The molecule has 4 rings (SSSR count). The maximum atomic E-state index is 14.5. The number of hydrogen-bond donors (Lipinski definition) is 0. The lowest BCUT2D eigenvalue weighted by Gasteiger charge is -2.34. The Morgan fingerprint density at radius 3 is 2.52 bits per heavy atom. The van der Waals surface area contributed by atoms with Crippen LogP contribution in [0, 0.1) is 32.5 Å². The van der Waals surface area contributed by atoms with Crippen LogP contribution < -0.4 is 4.90 Å². The van der Waals surface area contributed by atoms with Gasteiger partial charge in [0.1, 0.15) is 5.69 Å². The molecule has 176 valence electrons. The van der Waals surface area contributed by atoms with Gasteiger partial charge in [-0.15, -0.1) is 11.3 Å². The second-order valence-electron chi connectivity index (χ2n) is 8.52. The predicted molar refractivity (Wildman–Crippen MR) is 127 cm³/mol. The van der Waals surface area contributed by atoms with E-state index in [1.807, 2.05) is 37.5 Å². The van der Waals surface area contributed by atoms with E-state index in [2.05, 4.69) is 20.1 Å². The van der Waals surface area contributed by atoms with E-state index in [9.17, 15) is 9.18 Å². The third kappa shape index (κ3) is 4.75. The van der Waals surface area contributed by atoms with Gasteiger partial charge in [-0.05, 0) is 46.1 Å². The second kappa shape index (κ2) is 9.54. The number of aromatic nitrogens is 5. The molecule has 0 atom stereocenters. The Balaban J connectivity index is 1.44. The highest BCUT2D eigenvalue weighted by Crippen LogP contribution is 2.28. The van der Waals surface area contributed by atoms with Crippen LogP contribution in [0.1, 0.15) is 40.9 Å². The van der Waals surface area contributed by atoms with Crippen molar-refractivity contribution in [2.75, 3.05) is 24.5 Å². The average molecular weight is 472 g/mol. The fraction of sp³-hybridized carbons (Fsp3) is 0.522. The molecule has 0 radical (unpaired) electrons. The summed E-state index contributed by atoms with van der Waals surface area (Å²) in [5, 5.41) is 5.22. The highest BCUT2D eigenvalue weighted by molar-refractivity contribution is 7.11. The number of carbonyl (C=O) groups is 1. The Labute approximate surface area is 197 Å². The van der Waals surface area contributed by atoms with E-state index in [1.165, 1.54) is 6.20 Å². The van der Waals surface area contributed by atoms with Crippen LogP contribution in [0.2, 0.25) is 0 Å². The number of carbonyl (C=O) groups excluding carboxylic acids is 1. The van der Waals surface area contributed by atoms with Crippen LogP contribution >= 0.6 is 11.3 Å². The predicted octanol–water partition coefficient (Wildman–Crippen LogP) is 3.66. The van der Waals surface area contributed by atoms with Gasteiger partial charge in [-0.2, -0.15) is 5.10 Å². The van der Waals surface area contributed by atoms with E-state index in [0.717, 1.165) is 34.0 Å². The number of rotatable bonds is 6. The van der Waals surface area contributed by atoms with Gasteiger partial charge >= 0.3 is 0 Å². The maximum absolute atomic E-state index is 14.5. The molecule has 0 bridgehead atoms. The summed E-state index contributed by atoms with van der Waals surface area (Å²) in [6.07, 6.45) is 4.36. The fourth-order valence-electron chi connectivity index (χ4n) is 4.39. The van der Waals surface area contributed by atoms with Gasteiger partial charge in [0.2, 0.25) is 11.9 Å². The van der Waals surface area contributed by atoms with Crippen molar-refractivity contribution in [3.8, 4) is 11.4 Å². The molecular formula is C23H30FN7OS. The van der Waals surface area contributed by atoms with Crippen molar-refractivity contribution >= 4 is 23.2 Å². The molecule has 1 saturated heterocycles. The highest BCUT2D eigenvalue weighted by Gasteiger charge is 2.30. The molecule has 0 unspecified atom stereocenters. The molecule has 0 N–H and O–H groups in total. The molecule has 1 aliphatic rings. The van der Waals surface area contributed by atoms with Crippen LogP contribution in [0.25, 0.3) is 11.4 Å². The Bertz CT molecular complexity index is 1130. The molecule has 8 nitrogen and oxygen atoms in total. The van der Waals surface area contributed by atoms with Crippen molar-refractivity contribution in [2.45, 2.75) is 47.1 Å². The largest absolute Gasteiger partial charge is 0.341 e. The minimum Gasteiger partial charge on any atom is -0.341 e. The molecule has 0 saturated carbocycles. The summed E-state index contributed by atoms with van der Waals surface area (Å²) in [5.41, 5.74) is 2.76. The van der Waals surface area contributed by atoms with Crippen LogP contribution in [-0.4, -0.2) is 55.2 Å². The van der Waals surface area contributed by atoms with Gasteiger partial charge in [0.15, 0.2) is 5.82 Å². The van der Waals surface area contributed by atoms with E-state index in [0.29, 0.717) is 37.8 Å². The van der Waals surface area contributed by atoms with Crippen molar-refractivity contribution in [3.63, 3.8) is 0 Å². The normalized spacial score (nSPS) is 14.7. The SMILES string of the molecule is CCN(Cc1sc(C)nc1C)C(=O)C1CCN(c2ncc(F)c(-c3c(C)cnn3C)n2)CC1. The number of amides is 1. The lowest BCUT2D eigenvalue weighted by atomic mass is 9.95. The summed E-state index contributed by atoms with van der Waals surface area (Å²) < 4.78 is 16.2. The number of aryl methyl sites for hydroxylation is 4. The number of thiazole rings is 1. The molecule has 0 spiro atoms. The van der Waals surface area contributed by atoms with Gasteiger partial charge in [-0.25, -0.2) is 19.3 Å². The van der Waals surface area contributed by atoms with Crippen LogP contribution in [0.5, 0.6) is 0 Å². The minimum atomic E-state index is -0.470. The van der Waals surface area contributed by atoms with Gasteiger partial charge in [0, 0.05) is 37.5 Å². The molecule has 1 amide bonds. The average Bonchev–Trinajstić information content (AvgIpc) is 3.31. The van der Waals surface area contributed by atoms with Crippen molar-refractivity contribution in [2.24, 2.45) is 13.0 Å². The number of halogens is 1. The Kier molecular flexibility index (Phi) is 6.73. The zero-order valence-corrected chi connectivity index (χ0v) is 20.6. The first-order valence-corrected chi connectivity index (χ1v) is 12.1. The van der Waals surface area contributed by atoms with E-state index >= 15 is 0 Å². The summed E-state index contributed by atoms with van der Waals surface area (Å²) in [6.45, 7) is 10.5. The number of hydrogen-bond acceptors (Lipinski definition) is 7. The molecule has 1 fully saturated rings. The third-order valence-electron chi connectivity index (χ3n) is 6.23. The van der Waals surface area contributed by atoms with Crippen molar-refractivity contribution < 1.29 is 9.18 Å². The molecule has 4 heterocycles. The van der Waals surface area contributed by atoms with E-state index in [1.54, 1.807) is 29.3 Å². The Morgan fingerprint density at radius 2 is 1.94 bits per heavy atom. The minimum absolute atomic E-state index is 0.0326. The van der Waals surface area contributed by atoms with Crippen molar-refractivity contribution in [3.05, 3.63) is 39.4 Å². The first kappa shape index (κ1) is 23.3. The Hall–Kier alpha value is -2.88. The lowest BCUT2D eigenvalue weighted by Crippen LogP contribution is -2.42. The monoisotopic (exact) mass is 471 g/mol. The van der Waals surface area contributed by atoms with Crippen LogP contribution in [0.4, 0.5) is 10.3 Å². The summed E-state index contributed by atoms with van der Waals surface area (Å²) in [4.78, 5) is 31.6. The first-order chi connectivity index (χ1) is 15.8. The molecule has 33 heavy (non-hydrogen) atoms. The number of anilines is 1. The molecule has 0 aromatic carbocycles. The van der Waals surface area contributed by atoms with E-state index < -0.39 is 5.82 Å². The van der Waals surface area contributed by atoms with Gasteiger partial charge in [0.05, 0.1) is 35.3 Å².